The molecule has 0 saturated heterocycles. The van der Waals surface area contributed by atoms with Gasteiger partial charge >= 0.3 is 5.97 Å². The van der Waals surface area contributed by atoms with Gasteiger partial charge in [-0.3, -0.25) is 4.79 Å². The molecule has 0 aliphatic heterocycles. The lowest BCUT2D eigenvalue weighted by Crippen LogP contribution is -2.11. The maximum Gasteiger partial charge on any atom is 0.343 e. The predicted molar refractivity (Wildman–Crippen MR) is 124 cm³/mol. The van der Waals surface area contributed by atoms with Crippen LogP contribution in [0.1, 0.15) is 16.1 Å². The molecule has 4 aromatic rings. The number of methoxy groups -OCH3 is 3. The molecule has 168 valence electrons. The Bertz CT molecular complexity index is 1360. The van der Waals surface area contributed by atoms with E-state index in [1.165, 1.54) is 39.5 Å². The Morgan fingerprint density at radius 1 is 0.848 bits per heavy atom. The average Bonchev–Trinajstić information content (AvgIpc) is 2.83. The van der Waals surface area contributed by atoms with Crippen LogP contribution in [0, 0.1) is 6.92 Å². The van der Waals surface area contributed by atoms with Gasteiger partial charge in [0.15, 0.2) is 11.5 Å². The van der Waals surface area contributed by atoms with Crippen LogP contribution in [0.5, 0.6) is 23.0 Å². The Labute approximate surface area is 190 Å². The van der Waals surface area contributed by atoms with E-state index in [0.717, 1.165) is 5.56 Å². The SMILES string of the molecule is COc1cc(C(=O)Oc2ccc3c(=O)c(-c4ccccc4)c(C)oc3c2)cc(OC)c1OC. The molecule has 0 saturated carbocycles. The first kappa shape index (κ1) is 22.0. The zero-order chi connectivity index (χ0) is 23.5. The summed E-state index contributed by atoms with van der Waals surface area (Å²) in [6.07, 6.45) is 0. The number of carbonyl (C=O) groups is 1. The van der Waals surface area contributed by atoms with Gasteiger partial charge < -0.3 is 23.4 Å². The van der Waals surface area contributed by atoms with Crippen molar-refractivity contribution >= 4 is 16.9 Å². The molecule has 0 amide bonds. The normalized spacial score (nSPS) is 10.7. The van der Waals surface area contributed by atoms with Crippen LogP contribution in [-0.2, 0) is 0 Å². The molecule has 3 aromatic carbocycles. The Balaban J connectivity index is 1.69. The first-order valence-corrected chi connectivity index (χ1v) is 10.1. The van der Waals surface area contributed by atoms with E-state index in [2.05, 4.69) is 0 Å². The molecule has 0 fully saturated rings. The highest BCUT2D eigenvalue weighted by molar-refractivity contribution is 5.93. The predicted octanol–water partition coefficient (Wildman–Crippen LogP) is 5.01. The van der Waals surface area contributed by atoms with Crippen LogP contribution in [0.25, 0.3) is 22.1 Å². The molecular formula is C26H22O7. The van der Waals surface area contributed by atoms with Gasteiger partial charge in [-0.15, -0.1) is 0 Å². The summed E-state index contributed by atoms with van der Waals surface area (Å²) in [5.41, 5.74) is 1.67. The van der Waals surface area contributed by atoms with Gasteiger partial charge in [-0.05, 0) is 36.8 Å². The summed E-state index contributed by atoms with van der Waals surface area (Å²) in [6, 6.07) is 17.0. The van der Waals surface area contributed by atoms with Crippen molar-refractivity contribution in [1.29, 1.82) is 0 Å². The molecule has 0 aliphatic rings. The maximum absolute atomic E-state index is 13.1. The third-order valence-electron chi connectivity index (χ3n) is 5.21. The fraction of sp³-hybridized carbons (Fsp3) is 0.154. The van der Waals surface area contributed by atoms with Gasteiger partial charge in [0, 0.05) is 6.07 Å². The third kappa shape index (κ3) is 4.13. The second-order valence-corrected chi connectivity index (χ2v) is 7.19. The molecule has 0 bridgehead atoms. The number of benzene rings is 3. The minimum atomic E-state index is -0.631. The monoisotopic (exact) mass is 446 g/mol. The summed E-state index contributed by atoms with van der Waals surface area (Å²) in [5, 5.41) is 0.395. The third-order valence-corrected chi connectivity index (χ3v) is 5.21. The van der Waals surface area contributed by atoms with E-state index < -0.39 is 5.97 Å². The second-order valence-electron chi connectivity index (χ2n) is 7.19. The Kier molecular flexibility index (Phi) is 6.04. The molecule has 0 atom stereocenters. The van der Waals surface area contributed by atoms with Crippen LogP contribution < -0.4 is 24.4 Å². The molecule has 0 spiro atoms. The van der Waals surface area contributed by atoms with E-state index in [1.807, 2.05) is 30.3 Å². The molecule has 33 heavy (non-hydrogen) atoms. The highest BCUT2D eigenvalue weighted by Crippen LogP contribution is 2.38. The fourth-order valence-corrected chi connectivity index (χ4v) is 3.65. The molecule has 0 aliphatic carbocycles. The molecule has 7 nitrogen and oxygen atoms in total. The molecule has 0 unspecified atom stereocenters. The van der Waals surface area contributed by atoms with E-state index in [1.54, 1.807) is 19.1 Å². The van der Waals surface area contributed by atoms with E-state index >= 15 is 0 Å². The molecular weight excluding hydrogens is 424 g/mol. The summed E-state index contributed by atoms with van der Waals surface area (Å²) in [6.45, 7) is 1.73. The second kappa shape index (κ2) is 9.08. The van der Waals surface area contributed by atoms with Gasteiger partial charge in [-0.2, -0.15) is 0 Å². The van der Waals surface area contributed by atoms with E-state index in [-0.39, 0.29) is 16.7 Å². The van der Waals surface area contributed by atoms with Crippen molar-refractivity contribution < 1.29 is 28.2 Å². The summed E-state index contributed by atoms with van der Waals surface area (Å²) < 4.78 is 27.3. The lowest BCUT2D eigenvalue weighted by molar-refractivity contribution is 0.0734. The minimum Gasteiger partial charge on any atom is -0.493 e. The standard InChI is InChI=1S/C26H22O7/c1-15-23(16-8-6-5-7-9-16)24(27)19-11-10-18(14-20(19)32-15)33-26(28)17-12-21(29-2)25(31-4)22(13-17)30-3/h5-14H,1-4H3. The van der Waals surface area contributed by atoms with Gasteiger partial charge in [0.2, 0.25) is 11.2 Å². The minimum absolute atomic E-state index is 0.151. The smallest absolute Gasteiger partial charge is 0.343 e. The Hall–Kier alpha value is -4.26. The van der Waals surface area contributed by atoms with Crippen molar-refractivity contribution in [3.63, 3.8) is 0 Å². The maximum atomic E-state index is 13.1. The highest BCUT2D eigenvalue weighted by atomic mass is 16.5. The van der Waals surface area contributed by atoms with Crippen LogP contribution in [0.2, 0.25) is 0 Å². The summed E-state index contributed by atoms with van der Waals surface area (Å²) in [4.78, 5) is 25.9. The lowest BCUT2D eigenvalue weighted by atomic mass is 10.0. The molecule has 0 radical (unpaired) electrons. The Morgan fingerprint density at radius 2 is 1.52 bits per heavy atom. The van der Waals surface area contributed by atoms with E-state index in [9.17, 15) is 9.59 Å². The largest absolute Gasteiger partial charge is 0.493 e. The fourth-order valence-electron chi connectivity index (χ4n) is 3.65. The number of aryl methyl sites for hydroxylation is 1. The van der Waals surface area contributed by atoms with Crippen molar-refractivity contribution in [2.24, 2.45) is 0 Å². The van der Waals surface area contributed by atoms with E-state index in [4.69, 9.17) is 23.4 Å². The van der Waals surface area contributed by atoms with Crippen molar-refractivity contribution in [3.05, 3.63) is 82.2 Å². The molecule has 7 heteroatoms. The molecule has 1 heterocycles. The Morgan fingerprint density at radius 3 is 2.12 bits per heavy atom. The van der Waals surface area contributed by atoms with Crippen molar-refractivity contribution in [2.75, 3.05) is 21.3 Å². The van der Waals surface area contributed by atoms with Gasteiger partial charge in [-0.1, -0.05) is 30.3 Å². The zero-order valence-electron chi connectivity index (χ0n) is 18.6. The van der Waals surface area contributed by atoms with Gasteiger partial charge in [0.1, 0.15) is 17.1 Å². The molecule has 1 aromatic heterocycles. The number of fused-ring (bicyclic) bond motifs is 1. The molecule has 0 N–H and O–H groups in total. The first-order valence-electron chi connectivity index (χ1n) is 10.1. The summed E-state index contributed by atoms with van der Waals surface area (Å²) in [5.74, 6) is 1.11. The topological polar surface area (TPSA) is 84.2 Å². The van der Waals surface area contributed by atoms with Crippen LogP contribution >= 0.6 is 0 Å². The average molecular weight is 446 g/mol. The van der Waals surface area contributed by atoms with E-state index in [0.29, 0.717) is 39.5 Å². The number of esters is 1. The first-order chi connectivity index (χ1) is 16.0. The summed E-state index contributed by atoms with van der Waals surface area (Å²) in [7, 11) is 4.40. The quantitative estimate of drug-likeness (QED) is 0.304. The van der Waals surface area contributed by atoms with Crippen molar-refractivity contribution in [3.8, 4) is 34.1 Å². The number of hydrogen-bond acceptors (Lipinski definition) is 7. The van der Waals surface area contributed by atoms with Gasteiger partial charge in [0.05, 0.1) is 37.8 Å². The molecule has 4 rings (SSSR count). The number of ether oxygens (including phenoxy) is 4. The van der Waals surface area contributed by atoms with Crippen molar-refractivity contribution in [1.82, 2.24) is 0 Å². The van der Waals surface area contributed by atoms with Crippen LogP contribution in [0.4, 0.5) is 0 Å². The van der Waals surface area contributed by atoms with Crippen LogP contribution in [-0.4, -0.2) is 27.3 Å². The summed E-state index contributed by atoms with van der Waals surface area (Å²) >= 11 is 0. The van der Waals surface area contributed by atoms with Gasteiger partial charge in [0.25, 0.3) is 0 Å². The lowest BCUT2D eigenvalue weighted by Gasteiger charge is -2.14. The number of carbonyl (C=O) groups excluding carboxylic acids is 1. The highest BCUT2D eigenvalue weighted by Gasteiger charge is 2.19. The van der Waals surface area contributed by atoms with Crippen LogP contribution in [0.15, 0.2) is 69.9 Å². The van der Waals surface area contributed by atoms with Crippen LogP contribution in [0.3, 0.4) is 0 Å². The number of rotatable bonds is 6. The zero-order valence-corrected chi connectivity index (χ0v) is 18.6. The number of hydrogen-bond donors (Lipinski definition) is 0. The van der Waals surface area contributed by atoms with Gasteiger partial charge in [-0.25, -0.2) is 4.79 Å². The van der Waals surface area contributed by atoms with Crippen molar-refractivity contribution in [2.45, 2.75) is 6.92 Å².